The predicted molar refractivity (Wildman–Crippen MR) is 137 cm³/mol. The third kappa shape index (κ3) is 11.6. The summed E-state index contributed by atoms with van der Waals surface area (Å²) in [6.07, 6.45) is -0.678. The van der Waals surface area contributed by atoms with Crippen LogP contribution in [-0.2, 0) is 18.9 Å². The number of rotatable bonds is 14. The van der Waals surface area contributed by atoms with Gasteiger partial charge in [0, 0.05) is 29.4 Å². The molecule has 32 heavy (non-hydrogen) atoms. The summed E-state index contributed by atoms with van der Waals surface area (Å²) in [4.78, 5) is 12.6. The minimum Gasteiger partial charge on any atom is -0.356 e. The van der Waals surface area contributed by atoms with E-state index in [2.05, 4.69) is 77.6 Å². The Hall–Kier alpha value is -0.456. The first-order valence-corrected chi connectivity index (χ1v) is 19.6. The topological polar surface area (TPSA) is 78.1 Å². The molecule has 0 unspecified atom stereocenters. The van der Waals surface area contributed by atoms with Crippen LogP contribution in [0.25, 0.3) is 0 Å². The molecule has 7 nitrogen and oxygen atoms in total. The van der Waals surface area contributed by atoms with Crippen LogP contribution in [0.4, 0.5) is 4.79 Å². The van der Waals surface area contributed by atoms with Gasteiger partial charge in [0.2, 0.25) is 0 Å². The van der Waals surface area contributed by atoms with Crippen molar-refractivity contribution in [3.8, 4) is 0 Å². The van der Waals surface area contributed by atoms with Crippen LogP contribution in [-0.4, -0.2) is 73.3 Å². The SMILES string of the molecule is CC(C)[C@H]1NC(=O)N[C@H](C(C)C)[C@H](OCOCC[Si](C)(C)C)[C@H]1OCOCC[Si](C)(C)C. The van der Waals surface area contributed by atoms with E-state index in [-0.39, 0.29) is 55.7 Å². The van der Waals surface area contributed by atoms with Gasteiger partial charge in [-0.05, 0) is 23.9 Å². The fraction of sp³-hybridized carbons (Fsp3) is 0.957. The molecule has 0 radical (unpaired) electrons. The zero-order valence-electron chi connectivity index (χ0n) is 22.2. The van der Waals surface area contributed by atoms with Crippen molar-refractivity contribution in [3.05, 3.63) is 0 Å². The molecule has 4 atom stereocenters. The van der Waals surface area contributed by atoms with Crippen LogP contribution in [0.2, 0.25) is 51.4 Å². The molecule has 1 aliphatic heterocycles. The number of hydrogen-bond donors (Lipinski definition) is 2. The van der Waals surface area contributed by atoms with Crippen LogP contribution < -0.4 is 10.6 Å². The lowest BCUT2D eigenvalue weighted by Gasteiger charge is -2.37. The second kappa shape index (κ2) is 13.4. The van der Waals surface area contributed by atoms with Crippen LogP contribution in [0.1, 0.15) is 27.7 Å². The fourth-order valence-electron chi connectivity index (χ4n) is 3.53. The number of carbonyl (C=O) groups excluding carboxylic acids is 1. The normalized spacial score (nSPS) is 25.1. The van der Waals surface area contributed by atoms with Gasteiger partial charge in [-0.1, -0.05) is 67.0 Å². The molecule has 0 aromatic rings. The van der Waals surface area contributed by atoms with Crippen molar-refractivity contribution in [2.45, 2.75) is 103 Å². The number of urea groups is 1. The van der Waals surface area contributed by atoms with E-state index in [4.69, 9.17) is 18.9 Å². The smallest absolute Gasteiger partial charge is 0.315 e. The highest BCUT2D eigenvalue weighted by molar-refractivity contribution is 6.76. The maximum atomic E-state index is 12.6. The van der Waals surface area contributed by atoms with E-state index in [1.54, 1.807) is 0 Å². The summed E-state index contributed by atoms with van der Waals surface area (Å²) in [5.74, 6) is 0.357. The highest BCUT2D eigenvalue weighted by Gasteiger charge is 2.43. The molecule has 1 aliphatic rings. The van der Waals surface area contributed by atoms with Crippen LogP contribution >= 0.6 is 0 Å². The first-order chi connectivity index (χ1) is 14.7. The van der Waals surface area contributed by atoms with Gasteiger partial charge in [0.25, 0.3) is 0 Å². The van der Waals surface area contributed by atoms with Gasteiger partial charge in [0.15, 0.2) is 0 Å². The Morgan fingerprint density at radius 1 is 0.719 bits per heavy atom. The lowest BCUT2D eigenvalue weighted by atomic mass is 9.88. The van der Waals surface area contributed by atoms with Gasteiger partial charge in [-0.2, -0.15) is 0 Å². The quantitative estimate of drug-likeness (QED) is 0.209. The summed E-state index contributed by atoms with van der Waals surface area (Å²) >= 11 is 0. The molecule has 1 rings (SSSR count). The van der Waals surface area contributed by atoms with Gasteiger partial charge < -0.3 is 29.6 Å². The molecular formula is C23H50N2O5Si2. The number of ether oxygens (including phenoxy) is 4. The molecule has 0 aliphatic carbocycles. The largest absolute Gasteiger partial charge is 0.356 e. The van der Waals surface area contributed by atoms with Crippen molar-refractivity contribution < 1.29 is 23.7 Å². The maximum absolute atomic E-state index is 12.6. The Bertz CT molecular complexity index is 503. The Morgan fingerprint density at radius 3 is 1.34 bits per heavy atom. The molecule has 190 valence electrons. The second-order valence-electron chi connectivity index (χ2n) is 12.1. The van der Waals surface area contributed by atoms with Gasteiger partial charge in [-0.3, -0.25) is 0 Å². The molecule has 9 heteroatoms. The third-order valence-corrected chi connectivity index (χ3v) is 9.15. The first kappa shape index (κ1) is 29.6. The molecular weight excluding hydrogens is 440 g/mol. The summed E-state index contributed by atoms with van der Waals surface area (Å²) in [6, 6.07) is 1.62. The van der Waals surface area contributed by atoms with Crippen molar-refractivity contribution in [1.82, 2.24) is 10.6 Å². The van der Waals surface area contributed by atoms with Crippen LogP contribution in [0.3, 0.4) is 0 Å². The highest BCUT2D eigenvalue weighted by atomic mass is 28.3. The molecule has 0 saturated carbocycles. The first-order valence-electron chi connectivity index (χ1n) is 12.2. The van der Waals surface area contributed by atoms with E-state index in [0.29, 0.717) is 13.2 Å². The van der Waals surface area contributed by atoms with Crippen molar-refractivity contribution in [1.29, 1.82) is 0 Å². The molecule has 1 fully saturated rings. The molecule has 0 spiro atoms. The molecule has 2 N–H and O–H groups in total. The average Bonchev–Trinajstić information content (AvgIpc) is 2.76. The average molecular weight is 491 g/mol. The summed E-state index contributed by atoms with van der Waals surface area (Å²) in [7, 11) is -2.32. The number of amides is 2. The highest BCUT2D eigenvalue weighted by Crippen LogP contribution is 2.25. The number of nitrogens with one attached hydrogen (secondary N) is 2. The standard InChI is InChI=1S/C23H50N2O5Si2/c1-17(2)19-21(29-15-27-11-13-31(5,6)7)22(20(18(3)4)25-23(26)24-19)30-16-28-12-14-32(8,9)10/h17-22H,11-16H2,1-10H3,(H2,24,25,26)/t19-,20-,21+,22+/m1/s1. The van der Waals surface area contributed by atoms with Gasteiger partial charge >= 0.3 is 6.03 Å². The van der Waals surface area contributed by atoms with E-state index >= 15 is 0 Å². The van der Waals surface area contributed by atoms with Gasteiger partial charge in [0.05, 0.1) is 12.1 Å². The number of carbonyl (C=O) groups is 1. The van der Waals surface area contributed by atoms with Crippen LogP contribution in [0, 0.1) is 11.8 Å². The minimum atomic E-state index is -1.16. The third-order valence-electron chi connectivity index (χ3n) is 5.74. The van der Waals surface area contributed by atoms with Crippen molar-refractivity contribution in [2.24, 2.45) is 11.8 Å². The Morgan fingerprint density at radius 2 is 1.06 bits per heavy atom. The van der Waals surface area contributed by atoms with Gasteiger partial charge in [0.1, 0.15) is 25.8 Å². The zero-order valence-corrected chi connectivity index (χ0v) is 24.2. The summed E-state index contributed by atoms with van der Waals surface area (Å²) < 4.78 is 24.2. The van der Waals surface area contributed by atoms with E-state index in [1.807, 2.05) is 0 Å². The molecule has 2 amide bonds. The Balaban J connectivity index is 2.89. The molecule has 0 bridgehead atoms. The van der Waals surface area contributed by atoms with E-state index in [1.165, 1.54) is 0 Å². The van der Waals surface area contributed by atoms with E-state index < -0.39 is 16.1 Å². The fourth-order valence-corrected chi connectivity index (χ4v) is 5.05. The second-order valence-corrected chi connectivity index (χ2v) is 23.3. The summed E-state index contributed by atoms with van der Waals surface area (Å²) in [5, 5.41) is 6.18. The van der Waals surface area contributed by atoms with Crippen molar-refractivity contribution in [3.63, 3.8) is 0 Å². The van der Waals surface area contributed by atoms with Crippen LogP contribution in [0.15, 0.2) is 0 Å². The lowest BCUT2D eigenvalue weighted by molar-refractivity contribution is -0.183. The van der Waals surface area contributed by atoms with Crippen molar-refractivity contribution >= 4 is 22.2 Å². The lowest BCUT2D eigenvalue weighted by Crippen LogP contribution is -2.54. The monoisotopic (exact) mass is 490 g/mol. The van der Waals surface area contributed by atoms with Gasteiger partial charge in [-0.25, -0.2) is 4.79 Å². The zero-order chi connectivity index (χ0) is 24.5. The summed E-state index contributed by atoms with van der Waals surface area (Å²) in [6.45, 7) is 24.1. The van der Waals surface area contributed by atoms with E-state index in [9.17, 15) is 4.79 Å². The molecule has 1 heterocycles. The van der Waals surface area contributed by atoms with Gasteiger partial charge in [-0.15, -0.1) is 0 Å². The van der Waals surface area contributed by atoms with Crippen LogP contribution in [0.5, 0.6) is 0 Å². The number of hydrogen-bond acceptors (Lipinski definition) is 5. The molecule has 0 aromatic carbocycles. The predicted octanol–water partition coefficient (Wildman–Crippen LogP) is 4.74. The minimum absolute atomic E-state index is 0.178. The Kier molecular flexibility index (Phi) is 12.4. The van der Waals surface area contributed by atoms with Crippen molar-refractivity contribution in [2.75, 3.05) is 26.8 Å². The molecule has 0 aromatic heterocycles. The maximum Gasteiger partial charge on any atom is 0.315 e. The molecule has 1 saturated heterocycles. The van der Waals surface area contributed by atoms with E-state index in [0.717, 1.165) is 12.1 Å². The summed E-state index contributed by atoms with van der Waals surface area (Å²) in [5.41, 5.74) is 0. The Labute approximate surface area is 198 Å².